The van der Waals surface area contributed by atoms with Crippen molar-refractivity contribution in [3.05, 3.63) is 59.1 Å². The molecular weight excluding hydrogens is 405 g/mol. The fraction of sp³-hybridized carbons (Fsp3) is 0.200. The molecule has 0 radical (unpaired) electrons. The van der Waals surface area contributed by atoms with E-state index in [4.69, 9.17) is 11.6 Å². The first-order chi connectivity index (χ1) is 13.7. The Morgan fingerprint density at radius 1 is 1.07 bits per heavy atom. The lowest BCUT2D eigenvalue weighted by atomic mass is 10.1. The normalized spacial score (nSPS) is 11.2. The number of alkyl halides is 3. The van der Waals surface area contributed by atoms with Crippen LogP contribution in [0.4, 0.5) is 30.6 Å². The van der Waals surface area contributed by atoms with Crippen LogP contribution in [-0.2, 0) is 0 Å². The molecule has 2 N–H and O–H groups in total. The van der Waals surface area contributed by atoms with E-state index in [9.17, 15) is 13.2 Å². The van der Waals surface area contributed by atoms with Gasteiger partial charge in [-0.25, -0.2) is 4.98 Å². The van der Waals surface area contributed by atoms with E-state index < -0.39 is 6.36 Å². The van der Waals surface area contributed by atoms with Gasteiger partial charge in [0, 0.05) is 18.2 Å². The smallest absolute Gasteiger partial charge is 0.406 e. The van der Waals surface area contributed by atoms with Gasteiger partial charge in [-0.3, -0.25) is 0 Å². The minimum atomic E-state index is -4.77. The molecule has 0 unspecified atom stereocenters. The van der Waals surface area contributed by atoms with Crippen LogP contribution in [0.25, 0.3) is 11.3 Å². The third-order valence-electron chi connectivity index (χ3n) is 3.90. The molecule has 0 saturated heterocycles. The average molecular weight is 423 g/mol. The van der Waals surface area contributed by atoms with E-state index in [0.717, 1.165) is 5.56 Å². The molecule has 3 rings (SSSR count). The number of hydrogen-bond donors (Lipinski definition) is 2. The van der Waals surface area contributed by atoms with E-state index in [-0.39, 0.29) is 5.75 Å². The van der Waals surface area contributed by atoms with Crippen LogP contribution in [0.5, 0.6) is 5.75 Å². The highest BCUT2D eigenvalue weighted by atomic mass is 35.5. The fourth-order valence-corrected chi connectivity index (χ4v) is 2.94. The molecule has 152 valence electrons. The highest BCUT2D eigenvalue weighted by Gasteiger charge is 2.31. The topological polar surface area (TPSA) is 59.1 Å². The van der Waals surface area contributed by atoms with Crippen molar-refractivity contribution >= 4 is 29.1 Å². The Bertz CT molecular complexity index is 991. The number of hydrogen-bond acceptors (Lipinski definition) is 5. The first-order valence-corrected chi connectivity index (χ1v) is 9.14. The van der Waals surface area contributed by atoms with Crippen molar-refractivity contribution in [2.24, 2.45) is 0 Å². The standard InChI is InChI=1S/C20H18ClF3N4O/c1-3-25-19-26-16(13-7-5-8-14(10-13)29-20(22,23)24)11-17(28-19)27-18-12(2)6-4-9-15(18)21/h4-11H,3H2,1-2H3,(H2,25,26,27,28). The van der Waals surface area contributed by atoms with Crippen LogP contribution in [0.2, 0.25) is 5.02 Å². The molecule has 0 aliphatic rings. The van der Waals surface area contributed by atoms with Crippen molar-refractivity contribution in [1.82, 2.24) is 9.97 Å². The summed E-state index contributed by atoms with van der Waals surface area (Å²) in [5.74, 6) is 0.457. The van der Waals surface area contributed by atoms with Crippen LogP contribution in [0.3, 0.4) is 0 Å². The summed E-state index contributed by atoms with van der Waals surface area (Å²) in [4.78, 5) is 8.79. The van der Waals surface area contributed by atoms with Crippen LogP contribution in [0.1, 0.15) is 12.5 Å². The molecule has 0 atom stereocenters. The molecule has 0 amide bonds. The number of nitrogens with zero attached hydrogens (tertiary/aromatic N) is 2. The van der Waals surface area contributed by atoms with Gasteiger partial charge in [-0.05, 0) is 37.6 Å². The van der Waals surface area contributed by atoms with E-state index in [1.165, 1.54) is 18.2 Å². The van der Waals surface area contributed by atoms with Crippen molar-refractivity contribution in [3.63, 3.8) is 0 Å². The highest BCUT2D eigenvalue weighted by molar-refractivity contribution is 6.33. The maximum atomic E-state index is 12.5. The van der Waals surface area contributed by atoms with Crippen LogP contribution < -0.4 is 15.4 Å². The summed E-state index contributed by atoms with van der Waals surface area (Å²) in [6, 6.07) is 12.7. The summed E-state index contributed by atoms with van der Waals surface area (Å²) >= 11 is 6.27. The zero-order valence-corrected chi connectivity index (χ0v) is 16.4. The first kappa shape index (κ1) is 20.7. The molecule has 0 fully saturated rings. The number of halogens is 4. The number of nitrogens with one attached hydrogen (secondary N) is 2. The number of benzene rings is 2. The molecule has 0 bridgehead atoms. The van der Waals surface area contributed by atoms with Gasteiger partial charge in [0.2, 0.25) is 5.95 Å². The van der Waals surface area contributed by atoms with Gasteiger partial charge in [-0.1, -0.05) is 35.9 Å². The first-order valence-electron chi connectivity index (χ1n) is 8.76. The summed E-state index contributed by atoms with van der Waals surface area (Å²) in [5.41, 5.74) is 2.49. The average Bonchev–Trinajstić information content (AvgIpc) is 2.64. The molecular formula is C20H18ClF3N4O. The van der Waals surface area contributed by atoms with Gasteiger partial charge < -0.3 is 15.4 Å². The van der Waals surface area contributed by atoms with Crippen molar-refractivity contribution in [2.75, 3.05) is 17.2 Å². The lowest BCUT2D eigenvalue weighted by Crippen LogP contribution is -2.17. The quantitative estimate of drug-likeness (QED) is 0.496. The van der Waals surface area contributed by atoms with E-state index >= 15 is 0 Å². The third kappa shape index (κ3) is 5.51. The van der Waals surface area contributed by atoms with Gasteiger partial charge in [0.25, 0.3) is 0 Å². The number of aromatic nitrogens is 2. The van der Waals surface area contributed by atoms with Gasteiger partial charge >= 0.3 is 6.36 Å². The second-order valence-corrected chi connectivity index (χ2v) is 6.53. The van der Waals surface area contributed by atoms with Gasteiger partial charge in [-0.15, -0.1) is 13.2 Å². The number of anilines is 3. The van der Waals surface area contributed by atoms with Gasteiger partial charge in [0.15, 0.2) is 0 Å². The molecule has 1 aromatic heterocycles. The summed E-state index contributed by atoms with van der Waals surface area (Å²) < 4.78 is 41.6. The van der Waals surface area contributed by atoms with Crippen LogP contribution in [0, 0.1) is 6.92 Å². The zero-order valence-electron chi connectivity index (χ0n) is 15.6. The Morgan fingerprint density at radius 2 is 1.83 bits per heavy atom. The lowest BCUT2D eigenvalue weighted by Gasteiger charge is -2.14. The maximum Gasteiger partial charge on any atom is 0.573 e. The van der Waals surface area contributed by atoms with Crippen molar-refractivity contribution in [3.8, 4) is 17.0 Å². The molecule has 5 nitrogen and oxygen atoms in total. The van der Waals surface area contributed by atoms with Crippen LogP contribution >= 0.6 is 11.6 Å². The van der Waals surface area contributed by atoms with Crippen LogP contribution in [0.15, 0.2) is 48.5 Å². The van der Waals surface area contributed by atoms with Gasteiger partial charge in [0.1, 0.15) is 11.6 Å². The Balaban J connectivity index is 2.00. The highest BCUT2D eigenvalue weighted by Crippen LogP contribution is 2.31. The number of rotatable bonds is 6. The van der Waals surface area contributed by atoms with E-state index in [1.807, 2.05) is 26.0 Å². The predicted octanol–water partition coefficient (Wildman–Crippen LogP) is 6.18. The second kappa shape index (κ2) is 8.57. The Kier molecular flexibility index (Phi) is 6.12. The molecule has 3 aromatic rings. The van der Waals surface area contributed by atoms with Crippen molar-refractivity contribution < 1.29 is 17.9 Å². The largest absolute Gasteiger partial charge is 0.573 e. The fourth-order valence-electron chi connectivity index (χ4n) is 2.67. The van der Waals surface area contributed by atoms with Crippen LogP contribution in [-0.4, -0.2) is 22.9 Å². The monoisotopic (exact) mass is 422 g/mol. The molecule has 0 aliphatic heterocycles. The minimum Gasteiger partial charge on any atom is -0.406 e. The molecule has 1 heterocycles. The predicted molar refractivity (Wildman–Crippen MR) is 108 cm³/mol. The van der Waals surface area contributed by atoms with E-state index in [2.05, 4.69) is 25.3 Å². The SMILES string of the molecule is CCNc1nc(Nc2c(C)cccc2Cl)cc(-c2cccc(OC(F)(F)F)c2)n1. The summed E-state index contributed by atoms with van der Waals surface area (Å²) in [6.45, 7) is 4.36. The van der Waals surface area contributed by atoms with Crippen molar-refractivity contribution in [1.29, 1.82) is 0 Å². The van der Waals surface area contributed by atoms with Gasteiger partial charge in [0.05, 0.1) is 16.4 Å². The molecule has 9 heteroatoms. The number of ether oxygens (including phenoxy) is 1. The Labute approximate surface area is 170 Å². The Morgan fingerprint density at radius 3 is 2.52 bits per heavy atom. The summed E-state index contributed by atoms with van der Waals surface area (Å²) in [5, 5.41) is 6.71. The maximum absolute atomic E-state index is 12.5. The third-order valence-corrected chi connectivity index (χ3v) is 4.21. The molecule has 2 aromatic carbocycles. The van der Waals surface area contributed by atoms with E-state index in [1.54, 1.807) is 18.2 Å². The minimum absolute atomic E-state index is 0.324. The molecule has 0 aliphatic carbocycles. The molecule has 0 saturated carbocycles. The zero-order chi connectivity index (χ0) is 21.0. The molecule has 0 spiro atoms. The van der Waals surface area contributed by atoms with Crippen molar-refractivity contribution in [2.45, 2.75) is 20.2 Å². The number of para-hydroxylation sites is 1. The number of aryl methyl sites for hydroxylation is 1. The van der Waals surface area contributed by atoms with Gasteiger partial charge in [-0.2, -0.15) is 4.98 Å². The second-order valence-electron chi connectivity index (χ2n) is 6.12. The molecule has 29 heavy (non-hydrogen) atoms. The van der Waals surface area contributed by atoms with E-state index in [0.29, 0.717) is 40.3 Å². The summed E-state index contributed by atoms with van der Waals surface area (Å²) in [7, 11) is 0. The Hall–Kier alpha value is -3.00. The summed E-state index contributed by atoms with van der Waals surface area (Å²) in [6.07, 6.45) is -4.77. The lowest BCUT2D eigenvalue weighted by molar-refractivity contribution is -0.274.